The SMILES string of the molecule is O=[N+]([O-])c1ccc(Oc2ccc3oc4ccccc4c3c2)cc1. The standard InChI is InChI=1S/C18H11NO4/c20-19(21)12-5-7-13(8-6-12)22-14-9-10-18-16(11-14)15-3-1-2-4-17(15)23-18/h1-11H. The molecule has 0 spiro atoms. The van der Waals surface area contributed by atoms with Crippen LogP contribution in [-0.2, 0) is 0 Å². The van der Waals surface area contributed by atoms with Gasteiger partial charge in [-0.15, -0.1) is 0 Å². The lowest BCUT2D eigenvalue weighted by atomic mass is 10.1. The predicted octanol–water partition coefficient (Wildman–Crippen LogP) is 5.29. The molecule has 0 saturated heterocycles. The molecule has 1 aromatic heterocycles. The lowest BCUT2D eigenvalue weighted by molar-refractivity contribution is -0.384. The van der Waals surface area contributed by atoms with Crippen LogP contribution in [0, 0.1) is 10.1 Å². The number of benzene rings is 3. The Kier molecular flexibility index (Phi) is 2.98. The number of hydrogen-bond acceptors (Lipinski definition) is 4. The van der Waals surface area contributed by atoms with E-state index in [2.05, 4.69) is 0 Å². The van der Waals surface area contributed by atoms with Crippen molar-refractivity contribution in [3.63, 3.8) is 0 Å². The molecule has 1 heterocycles. The van der Waals surface area contributed by atoms with Crippen LogP contribution in [0.25, 0.3) is 21.9 Å². The summed E-state index contributed by atoms with van der Waals surface area (Å²) in [6.45, 7) is 0. The topological polar surface area (TPSA) is 65.5 Å². The summed E-state index contributed by atoms with van der Waals surface area (Å²) in [4.78, 5) is 10.2. The van der Waals surface area contributed by atoms with Crippen LogP contribution in [0.4, 0.5) is 5.69 Å². The van der Waals surface area contributed by atoms with E-state index in [1.165, 1.54) is 12.1 Å². The first-order valence-corrected chi connectivity index (χ1v) is 7.04. The van der Waals surface area contributed by atoms with Crippen LogP contribution < -0.4 is 4.74 Å². The van der Waals surface area contributed by atoms with Crippen molar-refractivity contribution in [2.75, 3.05) is 0 Å². The molecule has 112 valence electrons. The zero-order valence-corrected chi connectivity index (χ0v) is 11.9. The van der Waals surface area contributed by atoms with Crippen molar-refractivity contribution in [2.45, 2.75) is 0 Å². The van der Waals surface area contributed by atoms with Crippen molar-refractivity contribution in [1.29, 1.82) is 0 Å². The van der Waals surface area contributed by atoms with Gasteiger partial charge < -0.3 is 9.15 Å². The van der Waals surface area contributed by atoms with Crippen LogP contribution >= 0.6 is 0 Å². The molecule has 0 atom stereocenters. The van der Waals surface area contributed by atoms with Crippen molar-refractivity contribution >= 4 is 27.6 Å². The van der Waals surface area contributed by atoms with Gasteiger partial charge in [0.05, 0.1) is 4.92 Å². The van der Waals surface area contributed by atoms with Gasteiger partial charge in [0.2, 0.25) is 0 Å². The summed E-state index contributed by atoms with van der Waals surface area (Å²) in [6.07, 6.45) is 0. The molecule has 0 unspecified atom stereocenters. The first kappa shape index (κ1) is 13.3. The van der Waals surface area contributed by atoms with Crippen molar-refractivity contribution in [1.82, 2.24) is 0 Å². The molecule has 0 radical (unpaired) electrons. The lowest BCUT2D eigenvalue weighted by Gasteiger charge is -2.05. The molecule has 0 aliphatic rings. The quantitative estimate of drug-likeness (QED) is 0.381. The molecule has 0 aliphatic carbocycles. The normalized spacial score (nSPS) is 11.0. The van der Waals surface area contributed by atoms with Gasteiger partial charge in [-0.2, -0.15) is 0 Å². The Labute approximate surface area is 130 Å². The van der Waals surface area contributed by atoms with Crippen molar-refractivity contribution in [3.8, 4) is 11.5 Å². The molecule has 0 bridgehead atoms. The second kappa shape index (κ2) is 5.14. The Morgan fingerprint density at radius 3 is 2.30 bits per heavy atom. The van der Waals surface area contributed by atoms with Gasteiger partial charge in [-0.05, 0) is 36.4 Å². The monoisotopic (exact) mass is 305 g/mol. The fourth-order valence-corrected chi connectivity index (χ4v) is 2.54. The maximum atomic E-state index is 10.7. The van der Waals surface area contributed by atoms with E-state index in [1.807, 2.05) is 42.5 Å². The second-order valence-electron chi connectivity index (χ2n) is 5.11. The van der Waals surface area contributed by atoms with Gasteiger partial charge in [0, 0.05) is 22.9 Å². The molecule has 0 aliphatic heterocycles. The fraction of sp³-hybridized carbons (Fsp3) is 0. The summed E-state index contributed by atoms with van der Waals surface area (Å²) in [5, 5.41) is 12.7. The van der Waals surface area contributed by atoms with Crippen LogP contribution in [-0.4, -0.2) is 4.92 Å². The van der Waals surface area contributed by atoms with Gasteiger partial charge in [0.15, 0.2) is 0 Å². The van der Waals surface area contributed by atoms with Crippen LogP contribution in [0.1, 0.15) is 0 Å². The maximum Gasteiger partial charge on any atom is 0.269 e. The van der Waals surface area contributed by atoms with Gasteiger partial charge in [-0.25, -0.2) is 0 Å². The zero-order valence-electron chi connectivity index (χ0n) is 11.9. The molecular formula is C18H11NO4. The fourth-order valence-electron chi connectivity index (χ4n) is 2.54. The highest BCUT2D eigenvalue weighted by Crippen LogP contribution is 2.33. The summed E-state index contributed by atoms with van der Waals surface area (Å²) in [5.41, 5.74) is 1.66. The number of nitrogens with zero attached hydrogens (tertiary/aromatic N) is 1. The van der Waals surface area contributed by atoms with E-state index >= 15 is 0 Å². The molecule has 4 rings (SSSR count). The highest BCUT2D eigenvalue weighted by atomic mass is 16.6. The molecule has 5 heteroatoms. The summed E-state index contributed by atoms with van der Waals surface area (Å²) in [7, 11) is 0. The number of fused-ring (bicyclic) bond motifs is 3. The molecule has 5 nitrogen and oxygen atoms in total. The third-order valence-corrected chi connectivity index (χ3v) is 3.63. The van der Waals surface area contributed by atoms with Gasteiger partial charge in [0.1, 0.15) is 22.7 Å². The van der Waals surface area contributed by atoms with E-state index in [4.69, 9.17) is 9.15 Å². The Morgan fingerprint density at radius 2 is 1.52 bits per heavy atom. The number of rotatable bonds is 3. The summed E-state index contributed by atoms with van der Waals surface area (Å²) in [5.74, 6) is 1.20. The van der Waals surface area contributed by atoms with E-state index in [9.17, 15) is 10.1 Å². The van der Waals surface area contributed by atoms with Gasteiger partial charge >= 0.3 is 0 Å². The molecule has 0 fully saturated rings. The minimum Gasteiger partial charge on any atom is -0.457 e. The first-order chi connectivity index (χ1) is 11.2. The summed E-state index contributed by atoms with van der Waals surface area (Å²) in [6, 6.07) is 19.4. The number of nitro benzene ring substituents is 1. The van der Waals surface area contributed by atoms with E-state index in [-0.39, 0.29) is 5.69 Å². The second-order valence-corrected chi connectivity index (χ2v) is 5.11. The minimum atomic E-state index is -0.437. The first-order valence-electron chi connectivity index (χ1n) is 7.04. The lowest BCUT2D eigenvalue weighted by Crippen LogP contribution is -1.88. The molecular weight excluding hydrogens is 294 g/mol. The summed E-state index contributed by atoms with van der Waals surface area (Å²) >= 11 is 0. The highest BCUT2D eigenvalue weighted by molar-refractivity contribution is 6.05. The van der Waals surface area contributed by atoms with E-state index in [0.717, 1.165) is 21.9 Å². The largest absolute Gasteiger partial charge is 0.457 e. The molecule has 4 aromatic rings. The van der Waals surface area contributed by atoms with Crippen LogP contribution in [0.3, 0.4) is 0 Å². The van der Waals surface area contributed by atoms with Crippen LogP contribution in [0.15, 0.2) is 71.1 Å². The van der Waals surface area contributed by atoms with Gasteiger partial charge in [-0.1, -0.05) is 18.2 Å². The van der Waals surface area contributed by atoms with Crippen molar-refractivity contribution < 1.29 is 14.1 Å². The Hall–Kier alpha value is -3.34. The number of ether oxygens (including phenoxy) is 1. The number of non-ortho nitro benzene ring substituents is 1. The number of hydrogen-bond donors (Lipinski definition) is 0. The third kappa shape index (κ3) is 2.38. The number of nitro groups is 1. The van der Waals surface area contributed by atoms with E-state index in [1.54, 1.807) is 12.1 Å². The molecule has 0 N–H and O–H groups in total. The Bertz CT molecular complexity index is 1020. The highest BCUT2D eigenvalue weighted by Gasteiger charge is 2.09. The molecule has 0 amide bonds. The number of furan rings is 1. The Balaban J connectivity index is 1.71. The summed E-state index contributed by atoms with van der Waals surface area (Å²) < 4.78 is 11.5. The van der Waals surface area contributed by atoms with Crippen molar-refractivity contribution in [3.05, 3.63) is 76.8 Å². The Morgan fingerprint density at radius 1 is 0.826 bits per heavy atom. The van der Waals surface area contributed by atoms with Gasteiger partial charge in [0.25, 0.3) is 5.69 Å². The van der Waals surface area contributed by atoms with Crippen LogP contribution in [0.5, 0.6) is 11.5 Å². The number of para-hydroxylation sites is 1. The average molecular weight is 305 g/mol. The van der Waals surface area contributed by atoms with Crippen LogP contribution in [0.2, 0.25) is 0 Å². The van der Waals surface area contributed by atoms with E-state index < -0.39 is 4.92 Å². The zero-order chi connectivity index (χ0) is 15.8. The minimum absolute atomic E-state index is 0.0358. The third-order valence-electron chi connectivity index (χ3n) is 3.63. The van der Waals surface area contributed by atoms with E-state index in [0.29, 0.717) is 11.5 Å². The molecule has 3 aromatic carbocycles. The maximum absolute atomic E-state index is 10.7. The predicted molar refractivity (Wildman–Crippen MR) is 86.9 cm³/mol. The molecule has 0 saturated carbocycles. The smallest absolute Gasteiger partial charge is 0.269 e. The average Bonchev–Trinajstić information content (AvgIpc) is 2.93. The molecule has 23 heavy (non-hydrogen) atoms. The van der Waals surface area contributed by atoms with Crippen molar-refractivity contribution in [2.24, 2.45) is 0 Å². The van der Waals surface area contributed by atoms with Gasteiger partial charge in [-0.3, -0.25) is 10.1 Å².